The highest BCUT2D eigenvalue weighted by molar-refractivity contribution is 5.68. The second-order valence-corrected chi connectivity index (χ2v) is 10.0. The zero-order valence-corrected chi connectivity index (χ0v) is 21.8. The zero-order chi connectivity index (χ0) is 25.0. The molecule has 0 aromatic heterocycles. The Hall–Kier alpha value is -2.03. The molecule has 2 fully saturated rings. The SMILES string of the molecule is COCCCOc1cc(C[C@@H](C[C@@H]2CNC[C@H]2NC(=O)OC2CCOCC2)C(C)C)ccc1OC. The van der Waals surface area contributed by atoms with Gasteiger partial charge in [0.25, 0.3) is 0 Å². The minimum absolute atomic E-state index is 0.0408. The summed E-state index contributed by atoms with van der Waals surface area (Å²) in [5.74, 6) is 2.89. The van der Waals surface area contributed by atoms with Crippen molar-refractivity contribution in [2.75, 3.05) is 53.7 Å². The molecule has 2 saturated heterocycles. The van der Waals surface area contributed by atoms with Crippen molar-refractivity contribution in [1.82, 2.24) is 10.6 Å². The third-order valence-corrected chi connectivity index (χ3v) is 7.11. The number of benzene rings is 1. The molecule has 1 amide bonds. The number of ether oxygens (including phenoxy) is 5. The van der Waals surface area contributed by atoms with E-state index in [2.05, 4.69) is 36.6 Å². The van der Waals surface area contributed by atoms with Crippen LogP contribution < -0.4 is 20.1 Å². The van der Waals surface area contributed by atoms with Gasteiger partial charge in [0.1, 0.15) is 6.10 Å². The average molecular weight is 493 g/mol. The normalized spacial score (nSPS) is 21.6. The van der Waals surface area contributed by atoms with Crippen molar-refractivity contribution >= 4 is 6.09 Å². The van der Waals surface area contributed by atoms with Gasteiger partial charge in [-0.1, -0.05) is 19.9 Å². The second-order valence-electron chi connectivity index (χ2n) is 10.0. The Kier molecular flexibility index (Phi) is 11.4. The Morgan fingerprint density at radius 2 is 1.94 bits per heavy atom. The van der Waals surface area contributed by atoms with Crippen LogP contribution in [0.25, 0.3) is 0 Å². The van der Waals surface area contributed by atoms with Crippen molar-refractivity contribution in [1.29, 1.82) is 0 Å². The molecule has 3 rings (SSSR count). The number of carbonyl (C=O) groups is 1. The van der Waals surface area contributed by atoms with Crippen molar-refractivity contribution in [3.8, 4) is 11.5 Å². The van der Waals surface area contributed by atoms with Crippen LogP contribution in [-0.4, -0.2) is 72.0 Å². The summed E-state index contributed by atoms with van der Waals surface area (Å²) in [5.41, 5.74) is 1.24. The van der Waals surface area contributed by atoms with Crippen molar-refractivity contribution in [2.45, 2.75) is 58.1 Å². The summed E-state index contributed by atoms with van der Waals surface area (Å²) in [6.45, 7) is 8.82. The smallest absolute Gasteiger partial charge is 0.407 e. The Labute approximate surface area is 210 Å². The van der Waals surface area contributed by atoms with Crippen molar-refractivity contribution in [3.05, 3.63) is 23.8 Å². The van der Waals surface area contributed by atoms with Gasteiger partial charge in [-0.05, 0) is 48.3 Å². The molecule has 8 heteroatoms. The van der Waals surface area contributed by atoms with Crippen LogP contribution in [0.4, 0.5) is 4.79 Å². The number of hydrogen-bond acceptors (Lipinski definition) is 7. The van der Waals surface area contributed by atoms with Crippen LogP contribution >= 0.6 is 0 Å². The number of rotatable bonds is 13. The summed E-state index contributed by atoms with van der Waals surface area (Å²) in [7, 11) is 3.36. The maximum atomic E-state index is 12.5. The molecule has 0 aliphatic carbocycles. The van der Waals surface area contributed by atoms with E-state index in [-0.39, 0.29) is 18.2 Å². The number of methoxy groups -OCH3 is 2. The van der Waals surface area contributed by atoms with Gasteiger partial charge in [-0.15, -0.1) is 0 Å². The van der Waals surface area contributed by atoms with Gasteiger partial charge in [-0.25, -0.2) is 4.79 Å². The lowest BCUT2D eigenvalue weighted by atomic mass is 9.80. The Morgan fingerprint density at radius 1 is 1.14 bits per heavy atom. The van der Waals surface area contributed by atoms with Crippen molar-refractivity contribution in [2.24, 2.45) is 17.8 Å². The maximum absolute atomic E-state index is 12.5. The molecule has 35 heavy (non-hydrogen) atoms. The van der Waals surface area contributed by atoms with E-state index in [1.54, 1.807) is 14.2 Å². The van der Waals surface area contributed by atoms with Gasteiger partial charge in [0, 0.05) is 52.1 Å². The Morgan fingerprint density at radius 3 is 2.66 bits per heavy atom. The number of amides is 1. The van der Waals surface area contributed by atoms with Gasteiger partial charge in [-0.2, -0.15) is 0 Å². The maximum Gasteiger partial charge on any atom is 0.407 e. The van der Waals surface area contributed by atoms with E-state index < -0.39 is 0 Å². The topological polar surface area (TPSA) is 87.3 Å². The third-order valence-electron chi connectivity index (χ3n) is 7.11. The first-order valence-electron chi connectivity index (χ1n) is 13.0. The van der Waals surface area contributed by atoms with Gasteiger partial charge in [0.15, 0.2) is 11.5 Å². The summed E-state index contributed by atoms with van der Waals surface area (Å²) < 4.78 is 27.6. The average Bonchev–Trinajstić information content (AvgIpc) is 3.28. The van der Waals surface area contributed by atoms with Gasteiger partial charge in [0.2, 0.25) is 0 Å². The lowest BCUT2D eigenvalue weighted by molar-refractivity contribution is 0.000470. The van der Waals surface area contributed by atoms with Gasteiger partial charge in [-0.3, -0.25) is 0 Å². The number of carbonyl (C=O) groups excluding carboxylic acids is 1. The van der Waals surface area contributed by atoms with E-state index in [0.717, 1.165) is 56.7 Å². The second kappa shape index (κ2) is 14.5. The van der Waals surface area contributed by atoms with E-state index in [4.69, 9.17) is 23.7 Å². The summed E-state index contributed by atoms with van der Waals surface area (Å²) in [4.78, 5) is 12.5. The predicted molar refractivity (Wildman–Crippen MR) is 135 cm³/mol. The molecule has 2 aliphatic heterocycles. The first-order valence-corrected chi connectivity index (χ1v) is 13.0. The van der Waals surface area contributed by atoms with Crippen LogP contribution in [0.5, 0.6) is 11.5 Å². The Bertz CT molecular complexity index is 768. The van der Waals surface area contributed by atoms with Crippen LogP contribution in [0.1, 0.15) is 45.1 Å². The minimum Gasteiger partial charge on any atom is -0.493 e. The molecule has 2 heterocycles. The summed E-state index contributed by atoms with van der Waals surface area (Å²) in [6.07, 6.45) is 4.01. The van der Waals surface area contributed by atoms with Crippen LogP contribution in [-0.2, 0) is 20.6 Å². The molecule has 1 aromatic rings. The molecule has 2 N–H and O–H groups in total. The molecule has 0 spiro atoms. The molecule has 0 radical (unpaired) electrons. The molecule has 0 bridgehead atoms. The molecule has 0 saturated carbocycles. The molecule has 0 unspecified atom stereocenters. The first-order chi connectivity index (χ1) is 17.0. The van der Waals surface area contributed by atoms with E-state index in [0.29, 0.717) is 44.2 Å². The summed E-state index contributed by atoms with van der Waals surface area (Å²) in [5, 5.41) is 6.59. The monoisotopic (exact) mass is 492 g/mol. The van der Waals surface area contributed by atoms with E-state index in [1.807, 2.05) is 6.07 Å². The molecule has 198 valence electrons. The number of nitrogens with one attached hydrogen (secondary N) is 2. The van der Waals surface area contributed by atoms with Crippen molar-refractivity contribution < 1.29 is 28.5 Å². The largest absolute Gasteiger partial charge is 0.493 e. The lowest BCUT2D eigenvalue weighted by Crippen LogP contribution is -2.43. The molecule has 8 nitrogen and oxygen atoms in total. The van der Waals surface area contributed by atoms with E-state index in [1.165, 1.54) is 5.56 Å². The Balaban J connectivity index is 1.57. The lowest BCUT2D eigenvalue weighted by Gasteiger charge is -2.28. The third kappa shape index (κ3) is 8.85. The first kappa shape index (κ1) is 27.6. The van der Waals surface area contributed by atoms with E-state index >= 15 is 0 Å². The van der Waals surface area contributed by atoms with E-state index in [9.17, 15) is 4.79 Å². The fourth-order valence-electron chi connectivity index (χ4n) is 4.91. The molecule has 1 aromatic carbocycles. The van der Waals surface area contributed by atoms with Crippen LogP contribution in [0.3, 0.4) is 0 Å². The molecular formula is C27H44N2O6. The molecular weight excluding hydrogens is 448 g/mol. The van der Waals surface area contributed by atoms with Crippen LogP contribution in [0, 0.1) is 17.8 Å². The standard InChI is InChI=1S/C27H44N2O6/c1-19(2)21(14-20-6-7-25(32-4)26(15-20)34-11-5-10-31-3)16-22-17-28-18-24(22)29-27(30)35-23-8-12-33-13-9-23/h6-7,15,19,21-24,28H,5,8-14,16-18H2,1-4H3,(H,29,30)/t21-,22+,24+/m0/s1. The summed E-state index contributed by atoms with van der Waals surface area (Å²) in [6, 6.07) is 6.31. The fraction of sp³-hybridized carbons (Fsp3) is 0.741. The zero-order valence-electron chi connectivity index (χ0n) is 21.8. The summed E-state index contributed by atoms with van der Waals surface area (Å²) >= 11 is 0. The quantitative estimate of drug-likeness (QED) is 0.405. The highest BCUT2D eigenvalue weighted by Gasteiger charge is 2.32. The van der Waals surface area contributed by atoms with Gasteiger partial charge in [0.05, 0.1) is 26.9 Å². The van der Waals surface area contributed by atoms with Crippen molar-refractivity contribution in [3.63, 3.8) is 0 Å². The molecule has 2 aliphatic rings. The fourth-order valence-corrected chi connectivity index (χ4v) is 4.91. The van der Waals surface area contributed by atoms with Gasteiger partial charge >= 0.3 is 6.09 Å². The van der Waals surface area contributed by atoms with Gasteiger partial charge < -0.3 is 34.3 Å². The number of alkyl carbamates (subject to hydrolysis) is 1. The van der Waals surface area contributed by atoms with Crippen LogP contribution in [0.15, 0.2) is 18.2 Å². The highest BCUT2D eigenvalue weighted by atomic mass is 16.6. The highest BCUT2D eigenvalue weighted by Crippen LogP contribution is 2.32. The molecule has 3 atom stereocenters. The van der Waals surface area contributed by atoms with Crippen LogP contribution in [0.2, 0.25) is 0 Å². The minimum atomic E-state index is -0.304. The number of hydrogen-bond donors (Lipinski definition) is 2. The predicted octanol–water partition coefficient (Wildman–Crippen LogP) is 3.81.